The lowest BCUT2D eigenvalue weighted by molar-refractivity contribution is 0.100. The van der Waals surface area contributed by atoms with Gasteiger partial charge in [-0.05, 0) is 12.1 Å². The zero-order valence-electron chi connectivity index (χ0n) is 12.0. The van der Waals surface area contributed by atoms with Gasteiger partial charge in [-0.1, -0.05) is 32.4 Å². The van der Waals surface area contributed by atoms with E-state index in [-0.39, 0.29) is 11.0 Å². The molecule has 5 nitrogen and oxygen atoms in total. The van der Waals surface area contributed by atoms with Gasteiger partial charge >= 0.3 is 0 Å². The van der Waals surface area contributed by atoms with Crippen molar-refractivity contribution in [2.75, 3.05) is 11.1 Å². The number of thiazole rings is 1. The number of carbonyl (C=O) groups excluding carboxylic acids is 1. The minimum absolute atomic E-state index is 0.0478. The summed E-state index contributed by atoms with van der Waals surface area (Å²) in [6.07, 6.45) is 0. The van der Waals surface area contributed by atoms with Crippen LogP contribution in [0.4, 0.5) is 16.5 Å². The Bertz CT molecular complexity index is 691. The normalized spacial score (nSPS) is 11.4. The molecule has 0 atom stereocenters. The summed E-state index contributed by atoms with van der Waals surface area (Å²) in [5.41, 5.74) is 13.0. The number of nitrogens with zero attached hydrogens (tertiary/aromatic N) is 1. The lowest BCUT2D eigenvalue weighted by atomic mass is 9.93. The topological polar surface area (TPSA) is 94.0 Å². The lowest BCUT2D eigenvalue weighted by Crippen LogP contribution is -2.14. The molecule has 0 unspecified atom stereocenters. The molecule has 0 saturated carbocycles. The number of hydrogen-bond acceptors (Lipinski definition) is 5. The maximum atomic E-state index is 11.5. The number of anilines is 3. The van der Waals surface area contributed by atoms with E-state index in [1.54, 1.807) is 6.07 Å². The van der Waals surface area contributed by atoms with Gasteiger partial charge in [0.25, 0.3) is 5.91 Å². The highest BCUT2D eigenvalue weighted by molar-refractivity contribution is 7.13. The predicted octanol–water partition coefficient (Wildman–Crippen LogP) is 3.52. The Morgan fingerprint density at radius 1 is 1.38 bits per heavy atom. The number of nitrogen functional groups attached to an aromatic ring is 1. The van der Waals surface area contributed by atoms with Crippen molar-refractivity contribution in [2.45, 2.75) is 26.2 Å². The molecule has 0 fully saturated rings. The summed E-state index contributed by atoms with van der Waals surface area (Å²) in [4.78, 5) is 16.0. The van der Waals surface area contributed by atoms with Gasteiger partial charge in [-0.15, -0.1) is 11.3 Å². The number of amides is 1. The van der Waals surface area contributed by atoms with Gasteiger partial charge in [0.1, 0.15) is 0 Å². The lowest BCUT2D eigenvalue weighted by Gasteiger charge is -2.14. The van der Waals surface area contributed by atoms with Crippen LogP contribution in [0.3, 0.4) is 0 Å². The highest BCUT2D eigenvalue weighted by atomic mass is 35.5. The molecule has 1 aromatic heterocycles. The molecule has 0 aliphatic rings. The van der Waals surface area contributed by atoms with Crippen LogP contribution in [0, 0.1) is 0 Å². The van der Waals surface area contributed by atoms with Gasteiger partial charge in [0.2, 0.25) is 0 Å². The Morgan fingerprint density at radius 3 is 2.57 bits per heavy atom. The third-order valence-corrected chi connectivity index (χ3v) is 3.94. The number of nitrogens with one attached hydrogen (secondary N) is 1. The molecule has 0 saturated heterocycles. The van der Waals surface area contributed by atoms with Crippen molar-refractivity contribution in [1.29, 1.82) is 0 Å². The van der Waals surface area contributed by atoms with Crippen molar-refractivity contribution in [3.63, 3.8) is 0 Å². The van der Waals surface area contributed by atoms with Gasteiger partial charge in [-0.2, -0.15) is 0 Å². The van der Waals surface area contributed by atoms with E-state index in [2.05, 4.69) is 31.1 Å². The molecule has 21 heavy (non-hydrogen) atoms. The number of halogens is 1. The Balaban J connectivity index is 2.40. The fraction of sp³-hybridized carbons (Fsp3) is 0.286. The van der Waals surface area contributed by atoms with Crippen molar-refractivity contribution >= 4 is 45.4 Å². The molecule has 1 heterocycles. The number of carbonyl (C=O) groups is 1. The van der Waals surface area contributed by atoms with E-state index in [1.807, 2.05) is 5.38 Å². The molecule has 0 bridgehead atoms. The van der Waals surface area contributed by atoms with Gasteiger partial charge < -0.3 is 16.8 Å². The molecule has 7 heteroatoms. The van der Waals surface area contributed by atoms with Crippen molar-refractivity contribution in [3.8, 4) is 0 Å². The summed E-state index contributed by atoms with van der Waals surface area (Å²) in [6.45, 7) is 6.24. The van der Waals surface area contributed by atoms with E-state index in [0.717, 1.165) is 5.69 Å². The Kier molecular flexibility index (Phi) is 4.11. The molecule has 1 amide bonds. The molecule has 2 rings (SSSR count). The summed E-state index contributed by atoms with van der Waals surface area (Å²) >= 11 is 7.59. The summed E-state index contributed by atoms with van der Waals surface area (Å²) in [6, 6.07) is 3.06. The van der Waals surface area contributed by atoms with Crippen molar-refractivity contribution in [1.82, 2.24) is 4.98 Å². The highest BCUT2D eigenvalue weighted by Gasteiger charge is 2.19. The summed E-state index contributed by atoms with van der Waals surface area (Å²) in [5, 5.41) is 6.01. The summed E-state index contributed by atoms with van der Waals surface area (Å²) in [5.74, 6) is -0.598. The fourth-order valence-corrected chi connectivity index (χ4v) is 2.95. The van der Waals surface area contributed by atoms with Crippen LogP contribution in [0.15, 0.2) is 17.5 Å². The van der Waals surface area contributed by atoms with E-state index in [9.17, 15) is 4.79 Å². The maximum absolute atomic E-state index is 11.5. The van der Waals surface area contributed by atoms with Crippen LogP contribution in [0.5, 0.6) is 0 Å². The van der Waals surface area contributed by atoms with Crippen LogP contribution in [0.25, 0.3) is 0 Å². The molecule has 0 radical (unpaired) electrons. The Hall–Kier alpha value is -1.79. The van der Waals surface area contributed by atoms with Crippen LogP contribution in [0.2, 0.25) is 5.02 Å². The Labute approximate surface area is 132 Å². The molecule has 0 aliphatic heterocycles. The molecule has 112 valence electrons. The van der Waals surface area contributed by atoms with Crippen LogP contribution < -0.4 is 16.8 Å². The van der Waals surface area contributed by atoms with E-state index in [0.29, 0.717) is 21.5 Å². The fourth-order valence-electron chi connectivity index (χ4n) is 1.73. The quantitative estimate of drug-likeness (QED) is 0.753. The van der Waals surface area contributed by atoms with Crippen molar-refractivity contribution in [2.24, 2.45) is 5.73 Å². The second-order valence-electron chi connectivity index (χ2n) is 5.70. The SMILES string of the molecule is CC(C)(C)c1csc(Nc2c(Cl)cc(N)cc2C(N)=O)n1. The van der Waals surface area contributed by atoms with Crippen LogP contribution in [-0.4, -0.2) is 10.9 Å². The van der Waals surface area contributed by atoms with Crippen LogP contribution in [0.1, 0.15) is 36.8 Å². The smallest absolute Gasteiger partial charge is 0.250 e. The second kappa shape index (κ2) is 5.54. The van der Waals surface area contributed by atoms with E-state index >= 15 is 0 Å². The first-order valence-corrected chi connectivity index (χ1v) is 7.56. The largest absolute Gasteiger partial charge is 0.399 e. The van der Waals surface area contributed by atoms with Crippen molar-refractivity contribution < 1.29 is 4.79 Å². The number of hydrogen-bond donors (Lipinski definition) is 3. The molecule has 2 aromatic rings. The minimum atomic E-state index is -0.598. The first-order valence-electron chi connectivity index (χ1n) is 6.30. The predicted molar refractivity (Wildman–Crippen MR) is 88.5 cm³/mol. The first-order chi connectivity index (χ1) is 9.68. The number of aromatic nitrogens is 1. The third-order valence-electron chi connectivity index (χ3n) is 2.88. The first kappa shape index (κ1) is 15.6. The third kappa shape index (κ3) is 3.46. The minimum Gasteiger partial charge on any atom is -0.399 e. The Morgan fingerprint density at radius 2 is 2.05 bits per heavy atom. The summed E-state index contributed by atoms with van der Waals surface area (Å²) in [7, 11) is 0. The second-order valence-corrected chi connectivity index (χ2v) is 6.97. The average molecular weight is 325 g/mol. The number of rotatable bonds is 3. The molecule has 0 spiro atoms. The van der Waals surface area contributed by atoms with E-state index in [1.165, 1.54) is 17.4 Å². The van der Waals surface area contributed by atoms with Crippen LogP contribution in [-0.2, 0) is 5.41 Å². The van der Waals surface area contributed by atoms with Gasteiger partial charge in [-0.25, -0.2) is 4.98 Å². The van der Waals surface area contributed by atoms with Gasteiger partial charge in [0, 0.05) is 16.5 Å². The number of nitrogens with two attached hydrogens (primary N) is 2. The highest BCUT2D eigenvalue weighted by Crippen LogP contribution is 2.34. The standard InChI is InChI=1S/C14H17ClN4OS/c1-14(2,3)10-6-21-13(18-10)19-11-8(12(17)20)4-7(16)5-9(11)15/h4-6H,16H2,1-3H3,(H2,17,20)(H,18,19). The van der Waals surface area contributed by atoms with Crippen molar-refractivity contribution in [3.05, 3.63) is 33.8 Å². The molecule has 0 aliphatic carbocycles. The van der Waals surface area contributed by atoms with E-state index in [4.69, 9.17) is 23.1 Å². The zero-order chi connectivity index (χ0) is 15.8. The molecular weight excluding hydrogens is 308 g/mol. The van der Waals surface area contributed by atoms with Crippen LogP contribution >= 0.6 is 22.9 Å². The van der Waals surface area contributed by atoms with Gasteiger partial charge in [-0.3, -0.25) is 4.79 Å². The van der Waals surface area contributed by atoms with Gasteiger partial charge in [0.15, 0.2) is 5.13 Å². The zero-order valence-corrected chi connectivity index (χ0v) is 13.6. The van der Waals surface area contributed by atoms with Gasteiger partial charge in [0.05, 0.1) is 22.0 Å². The molecule has 5 N–H and O–H groups in total. The summed E-state index contributed by atoms with van der Waals surface area (Å²) < 4.78 is 0. The number of benzene rings is 1. The monoisotopic (exact) mass is 324 g/mol. The average Bonchev–Trinajstić information content (AvgIpc) is 2.80. The van der Waals surface area contributed by atoms with E-state index < -0.39 is 5.91 Å². The molecule has 1 aromatic carbocycles. The maximum Gasteiger partial charge on any atom is 0.250 e. The number of primary amides is 1. The molecular formula is C14H17ClN4OS.